The van der Waals surface area contributed by atoms with E-state index in [9.17, 15) is 35.9 Å². The molecule has 1 unspecified atom stereocenters. The van der Waals surface area contributed by atoms with E-state index in [0.29, 0.717) is 12.8 Å². The van der Waals surface area contributed by atoms with E-state index >= 15 is 4.39 Å². The monoisotopic (exact) mass is 482 g/mol. The Morgan fingerprint density at radius 2 is 1.55 bits per heavy atom. The Labute approximate surface area is 182 Å². The van der Waals surface area contributed by atoms with E-state index < -0.39 is 53.8 Å². The Balaban J connectivity index is 1.88. The first-order valence-electron chi connectivity index (χ1n) is 10.3. The van der Waals surface area contributed by atoms with Crippen molar-refractivity contribution in [1.29, 1.82) is 0 Å². The number of hydrogen-bond donors (Lipinski definition) is 2. The molecule has 3 N–H and O–H groups in total. The third-order valence-corrected chi connectivity index (χ3v) is 6.77. The number of H-pyrrole nitrogens is 1. The Bertz CT molecular complexity index is 1230. The summed E-state index contributed by atoms with van der Waals surface area (Å²) in [4.78, 5) is 28.1. The summed E-state index contributed by atoms with van der Waals surface area (Å²) >= 11 is 0. The molecule has 1 aromatic heterocycles. The minimum absolute atomic E-state index is 0.0743. The van der Waals surface area contributed by atoms with Gasteiger partial charge in [0.2, 0.25) is 5.54 Å². The van der Waals surface area contributed by atoms with Gasteiger partial charge >= 0.3 is 18.0 Å². The fourth-order valence-corrected chi connectivity index (χ4v) is 4.85. The first kappa shape index (κ1) is 23.6. The van der Waals surface area contributed by atoms with Crippen LogP contribution in [-0.4, -0.2) is 40.5 Å². The summed E-state index contributed by atoms with van der Waals surface area (Å²) in [6.07, 6.45) is -10.8. The lowest BCUT2D eigenvalue weighted by molar-refractivity contribution is -0.309. The second-order valence-electron chi connectivity index (χ2n) is 8.79. The average Bonchev–Trinajstić information content (AvgIpc) is 3.40. The van der Waals surface area contributed by atoms with Crippen molar-refractivity contribution in [3.05, 3.63) is 37.8 Å². The molecule has 13 heteroatoms. The van der Waals surface area contributed by atoms with Crippen molar-refractivity contribution in [3.8, 4) is 0 Å². The van der Waals surface area contributed by atoms with Crippen LogP contribution in [0, 0.1) is 25.6 Å². The quantitative estimate of drug-likeness (QED) is 0.657. The maximum absolute atomic E-state index is 15.4. The zero-order valence-corrected chi connectivity index (χ0v) is 17.6. The van der Waals surface area contributed by atoms with E-state index in [1.165, 1.54) is 18.4 Å². The van der Waals surface area contributed by atoms with Gasteiger partial charge in [-0.2, -0.15) is 26.3 Å². The van der Waals surface area contributed by atoms with Crippen LogP contribution in [0.15, 0.2) is 9.59 Å². The number of aryl methyl sites for hydroxylation is 2. The molecular formula is C20H21F7N4O2. The van der Waals surface area contributed by atoms with Crippen LogP contribution in [-0.2, 0) is 0 Å². The third kappa shape index (κ3) is 3.34. The Hall–Kier alpha value is -2.57. The molecule has 2 aliphatic rings. The molecule has 0 amide bonds. The Morgan fingerprint density at radius 3 is 2.06 bits per heavy atom. The number of alkyl halides is 6. The van der Waals surface area contributed by atoms with Crippen LogP contribution in [0.1, 0.15) is 36.4 Å². The highest BCUT2D eigenvalue weighted by Gasteiger charge is 2.72. The van der Waals surface area contributed by atoms with Gasteiger partial charge in [0.1, 0.15) is 0 Å². The van der Waals surface area contributed by atoms with Crippen LogP contribution < -0.4 is 21.9 Å². The summed E-state index contributed by atoms with van der Waals surface area (Å²) in [5.74, 6) is -3.01. The number of nitrogens with two attached hydrogens (primary N) is 1. The van der Waals surface area contributed by atoms with Crippen molar-refractivity contribution in [3.63, 3.8) is 0 Å². The third-order valence-electron chi connectivity index (χ3n) is 6.77. The maximum Gasteiger partial charge on any atom is 0.415 e. The molecule has 1 atom stereocenters. The number of fused-ring (bicyclic) bond motifs is 1. The summed E-state index contributed by atoms with van der Waals surface area (Å²) in [6.45, 7) is 1.57. The molecule has 1 saturated heterocycles. The summed E-state index contributed by atoms with van der Waals surface area (Å²) in [6, 6.07) is -0.230. The normalized spacial score (nSPS) is 20.2. The number of rotatable bonds is 3. The van der Waals surface area contributed by atoms with Gasteiger partial charge in [0, 0.05) is 36.2 Å². The van der Waals surface area contributed by atoms with E-state index in [1.807, 2.05) is 0 Å². The number of anilines is 1. The number of nitrogens with one attached hydrogen (secondary N) is 1. The van der Waals surface area contributed by atoms with Crippen molar-refractivity contribution in [2.75, 3.05) is 18.0 Å². The van der Waals surface area contributed by atoms with Crippen molar-refractivity contribution in [2.24, 2.45) is 11.7 Å². The molecule has 6 nitrogen and oxygen atoms in total. The molecule has 33 heavy (non-hydrogen) atoms. The SMILES string of the molecule is Cc1c(F)c(N2CCC(C(N)(C(F)(F)F)C(F)(F)F)C2)c(C)c2c1c(=O)[nH]c(=O)n2C1CC1. The van der Waals surface area contributed by atoms with Crippen molar-refractivity contribution >= 4 is 16.6 Å². The van der Waals surface area contributed by atoms with Crippen molar-refractivity contribution in [1.82, 2.24) is 9.55 Å². The van der Waals surface area contributed by atoms with Gasteiger partial charge in [-0.3, -0.25) is 14.3 Å². The lowest BCUT2D eigenvalue weighted by Crippen LogP contribution is -2.68. The van der Waals surface area contributed by atoms with Crippen molar-refractivity contribution < 1.29 is 30.7 Å². The van der Waals surface area contributed by atoms with Gasteiger partial charge < -0.3 is 10.6 Å². The van der Waals surface area contributed by atoms with Gasteiger partial charge in [0.05, 0.1) is 16.6 Å². The van der Waals surface area contributed by atoms with Crippen LogP contribution in [0.5, 0.6) is 0 Å². The number of benzene rings is 1. The van der Waals surface area contributed by atoms with Crippen molar-refractivity contribution in [2.45, 2.75) is 57.0 Å². The van der Waals surface area contributed by atoms with Crippen LogP contribution in [0.4, 0.5) is 36.4 Å². The smallest absolute Gasteiger partial charge is 0.369 e. The highest BCUT2D eigenvalue weighted by atomic mass is 19.4. The fraction of sp³-hybridized carbons (Fsp3) is 0.600. The lowest BCUT2D eigenvalue weighted by Gasteiger charge is -2.38. The molecule has 0 bridgehead atoms. The largest absolute Gasteiger partial charge is 0.415 e. The fourth-order valence-electron chi connectivity index (χ4n) is 4.85. The second-order valence-corrected chi connectivity index (χ2v) is 8.79. The van der Waals surface area contributed by atoms with Crippen LogP contribution in [0.3, 0.4) is 0 Å². The number of nitrogens with zero attached hydrogens (tertiary/aromatic N) is 2. The Kier molecular flexibility index (Phi) is 5.15. The molecule has 1 aromatic carbocycles. The van der Waals surface area contributed by atoms with E-state index in [0.717, 1.165) is 4.90 Å². The van der Waals surface area contributed by atoms with Crippen LogP contribution in [0.2, 0.25) is 0 Å². The minimum Gasteiger partial charge on any atom is -0.369 e. The topological polar surface area (TPSA) is 84.1 Å². The molecule has 1 saturated carbocycles. The summed E-state index contributed by atoms with van der Waals surface area (Å²) in [7, 11) is 0. The van der Waals surface area contributed by atoms with Crippen LogP contribution >= 0.6 is 0 Å². The molecule has 2 fully saturated rings. The second kappa shape index (κ2) is 7.21. The number of hydrogen-bond acceptors (Lipinski definition) is 4. The molecule has 0 spiro atoms. The maximum atomic E-state index is 15.4. The molecule has 182 valence electrons. The highest BCUT2D eigenvalue weighted by molar-refractivity contribution is 5.90. The zero-order chi connectivity index (χ0) is 24.7. The number of aromatic amines is 1. The highest BCUT2D eigenvalue weighted by Crippen LogP contribution is 2.49. The zero-order valence-electron chi connectivity index (χ0n) is 17.6. The lowest BCUT2D eigenvalue weighted by atomic mass is 9.82. The minimum atomic E-state index is -5.77. The van der Waals surface area contributed by atoms with E-state index in [-0.39, 0.29) is 40.3 Å². The molecule has 2 heterocycles. The molecule has 1 aliphatic carbocycles. The predicted molar refractivity (Wildman–Crippen MR) is 106 cm³/mol. The van der Waals surface area contributed by atoms with E-state index in [1.54, 1.807) is 0 Å². The summed E-state index contributed by atoms with van der Waals surface area (Å²) in [5.41, 5.74) is -1.17. The molecule has 4 rings (SSSR count). The van der Waals surface area contributed by atoms with Gasteiger partial charge in [0.15, 0.2) is 5.82 Å². The standard InChI is InChI=1S/C20H21F7N4O2/c1-8-12-14(31(11-3-4-11)17(33)29-16(12)32)9(2)15(13(8)21)30-6-5-10(7-30)18(28,19(22,23)24)20(25,26)27/h10-11H,3-7,28H2,1-2H3,(H,29,32,33). The van der Waals surface area contributed by atoms with Crippen LogP contribution in [0.25, 0.3) is 10.9 Å². The first-order chi connectivity index (χ1) is 15.1. The van der Waals surface area contributed by atoms with E-state index in [2.05, 4.69) is 4.98 Å². The number of halogens is 7. The van der Waals surface area contributed by atoms with E-state index in [4.69, 9.17) is 5.73 Å². The average molecular weight is 482 g/mol. The van der Waals surface area contributed by atoms with Gasteiger partial charge in [0.25, 0.3) is 5.56 Å². The van der Waals surface area contributed by atoms with Gasteiger partial charge in [-0.1, -0.05) is 0 Å². The molecule has 1 aliphatic heterocycles. The summed E-state index contributed by atoms with van der Waals surface area (Å²) in [5, 5.41) is -0.0743. The predicted octanol–water partition coefficient (Wildman–Crippen LogP) is 3.43. The first-order valence-corrected chi connectivity index (χ1v) is 10.3. The Morgan fingerprint density at radius 1 is 0.970 bits per heavy atom. The molecule has 2 aromatic rings. The number of aromatic nitrogens is 2. The van der Waals surface area contributed by atoms with Gasteiger partial charge in [-0.05, 0) is 33.1 Å². The molecular weight excluding hydrogens is 461 g/mol. The molecule has 0 radical (unpaired) electrons. The van der Waals surface area contributed by atoms with Gasteiger partial charge in [-0.25, -0.2) is 9.18 Å². The van der Waals surface area contributed by atoms with Gasteiger partial charge in [-0.15, -0.1) is 0 Å². The summed E-state index contributed by atoms with van der Waals surface area (Å²) < 4.78 is 97.3.